The van der Waals surface area contributed by atoms with Crippen molar-refractivity contribution in [1.29, 1.82) is 0 Å². The maximum atomic E-state index is 8.99. The van der Waals surface area contributed by atoms with E-state index in [1.54, 1.807) is 12.4 Å². The Morgan fingerprint density at radius 2 is 2.04 bits per heavy atom. The smallest absolute Gasteiger partial charge is 0.154 e. The number of hydrogen-bond acceptors (Lipinski definition) is 7. The number of nitrogens with one attached hydrogen (secondary N) is 2. The fourth-order valence-electron chi connectivity index (χ4n) is 3.33. The van der Waals surface area contributed by atoms with Crippen molar-refractivity contribution < 1.29 is 9.84 Å². The predicted octanol–water partition coefficient (Wildman–Crippen LogP) is 2.02. The highest BCUT2D eigenvalue weighted by atomic mass is 16.5. The van der Waals surface area contributed by atoms with Crippen molar-refractivity contribution in [1.82, 2.24) is 20.3 Å². The maximum absolute atomic E-state index is 8.99. The van der Waals surface area contributed by atoms with Crippen molar-refractivity contribution in [2.45, 2.75) is 18.9 Å². The van der Waals surface area contributed by atoms with E-state index < -0.39 is 0 Å². The van der Waals surface area contributed by atoms with Crippen LogP contribution < -0.4 is 10.6 Å². The highest BCUT2D eigenvalue weighted by Crippen LogP contribution is 2.26. The SMILES string of the molecule is OCCCc1ccc(-c2cc3nccnc3c(NC[C@H]3CNCCO3)n2)cc1. The molecular weight excluding hydrogens is 354 g/mol. The molecule has 0 aliphatic carbocycles. The number of aliphatic hydroxyl groups excluding tert-OH is 1. The van der Waals surface area contributed by atoms with Gasteiger partial charge < -0.3 is 20.5 Å². The van der Waals surface area contributed by atoms with Crippen LogP contribution in [0.3, 0.4) is 0 Å². The molecule has 1 fully saturated rings. The molecule has 0 spiro atoms. The largest absolute Gasteiger partial charge is 0.396 e. The zero-order chi connectivity index (χ0) is 19.2. The summed E-state index contributed by atoms with van der Waals surface area (Å²) in [6, 6.07) is 10.3. The van der Waals surface area contributed by atoms with Crippen LogP contribution >= 0.6 is 0 Å². The molecule has 0 bridgehead atoms. The predicted molar refractivity (Wildman–Crippen MR) is 109 cm³/mol. The van der Waals surface area contributed by atoms with Crippen LogP contribution in [-0.2, 0) is 11.2 Å². The lowest BCUT2D eigenvalue weighted by Gasteiger charge is -2.24. The van der Waals surface area contributed by atoms with Gasteiger partial charge in [0.25, 0.3) is 0 Å². The third-order valence-electron chi connectivity index (χ3n) is 4.83. The molecule has 3 N–H and O–H groups in total. The third-order valence-corrected chi connectivity index (χ3v) is 4.83. The van der Waals surface area contributed by atoms with Crippen LogP contribution in [-0.4, -0.2) is 59.0 Å². The number of aryl methyl sites for hydroxylation is 1. The van der Waals surface area contributed by atoms with E-state index in [0.29, 0.717) is 6.54 Å². The summed E-state index contributed by atoms with van der Waals surface area (Å²) in [6.07, 6.45) is 5.13. The van der Waals surface area contributed by atoms with E-state index in [9.17, 15) is 0 Å². The minimum atomic E-state index is 0.108. The second-order valence-electron chi connectivity index (χ2n) is 6.88. The van der Waals surface area contributed by atoms with Crippen LogP contribution in [0.25, 0.3) is 22.3 Å². The molecule has 7 nitrogen and oxygen atoms in total. The lowest BCUT2D eigenvalue weighted by molar-refractivity contribution is 0.0372. The first-order chi connectivity index (χ1) is 13.8. The molecule has 7 heteroatoms. The molecule has 1 aromatic carbocycles. The summed E-state index contributed by atoms with van der Waals surface area (Å²) >= 11 is 0. The number of pyridine rings is 1. The number of morpholine rings is 1. The number of benzene rings is 1. The Hall–Kier alpha value is -2.61. The molecule has 1 atom stereocenters. The highest BCUT2D eigenvalue weighted by Gasteiger charge is 2.15. The van der Waals surface area contributed by atoms with Crippen LogP contribution in [0.15, 0.2) is 42.7 Å². The Kier molecular flexibility index (Phi) is 6.06. The van der Waals surface area contributed by atoms with Gasteiger partial charge in [-0.3, -0.25) is 4.98 Å². The quantitative estimate of drug-likeness (QED) is 0.578. The second-order valence-corrected chi connectivity index (χ2v) is 6.88. The number of fused-ring (bicyclic) bond motifs is 1. The van der Waals surface area contributed by atoms with Gasteiger partial charge in [0.2, 0.25) is 0 Å². The van der Waals surface area contributed by atoms with E-state index in [-0.39, 0.29) is 12.7 Å². The number of nitrogens with zero attached hydrogens (tertiary/aromatic N) is 3. The normalized spacial score (nSPS) is 17.0. The zero-order valence-corrected chi connectivity index (χ0v) is 15.8. The molecule has 4 rings (SSSR count). The van der Waals surface area contributed by atoms with E-state index >= 15 is 0 Å². The Morgan fingerprint density at radius 3 is 2.82 bits per heavy atom. The first-order valence-corrected chi connectivity index (χ1v) is 9.71. The molecule has 0 radical (unpaired) electrons. The summed E-state index contributed by atoms with van der Waals surface area (Å²) < 4.78 is 5.77. The van der Waals surface area contributed by atoms with E-state index in [1.165, 1.54) is 5.56 Å². The van der Waals surface area contributed by atoms with Crippen LogP contribution in [0.1, 0.15) is 12.0 Å². The van der Waals surface area contributed by atoms with Crippen molar-refractivity contribution in [3.05, 3.63) is 48.3 Å². The zero-order valence-electron chi connectivity index (χ0n) is 15.8. The van der Waals surface area contributed by atoms with Crippen molar-refractivity contribution in [2.75, 3.05) is 38.2 Å². The molecular formula is C21H25N5O2. The molecule has 3 heterocycles. The van der Waals surface area contributed by atoms with Gasteiger partial charge in [-0.2, -0.15) is 0 Å². The summed E-state index contributed by atoms with van der Waals surface area (Å²) in [5.74, 6) is 0.721. The molecule has 1 aliphatic rings. The topological polar surface area (TPSA) is 92.2 Å². The Labute approximate surface area is 164 Å². The number of hydrogen-bond donors (Lipinski definition) is 3. The molecule has 146 valence electrons. The Morgan fingerprint density at radius 1 is 1.18 bits per heavy atom. The average molecular weight is 379 g/mol. The van der Waals surface area contributed by atoms with Gasteiger partial charge in [0, 0.05) is 44.2 Å². The van der Waals surface area contributed by atoms with Gasteiger partial charge in [0.1, 0.15) is 5.52 Å². The van der Waals surface area contributed by atoms with Crippen molar-refractivity contribution in [3.63, 3.8) is 0 Å². The van der Waals surface area contributed by atoms with Gasteiger partial charge in [-0.15, -0.1) is 0 Å². The van der Waals surface area contributed by atoms with Crippen LogP contribution in [0.2, 0.25) is 0 Å². The average Bonchev–Trinajstić information content (AvgIpc) is 2.77. The van der Waals surface area contributed by atoms with Crippen molar-refractivity contribution >= 4 is 16.9 Å². The molecule has 0 unspecified atom stereocenters. The highest BCUT2D eigenvalue weighted by molar-refractivity contribution is 5.88. The summed E-state index contributed by atoms with van der Waals surface area (Å²) in [5, 5.41) is 15.7. The van der Waals surface area contributed by atoms with Gasteiger partial charge in [0.15, 0.2) is 5.82 Å². The Balaban J connectivity index is 1.59. The van der Waals surface area contributed by atoms with Gasteiger partial charge in [-0.1, -0.05) is 24.3 Å². The summed E-state index contributed by atoms with van der Waals surface area (Å²) in [5.41, 5.74) is 4.65. The summed E-state index contributed by atoms with van der Waals surface area (Å²) in [7, 11) is 0. The molecule has 2 aromatic heterocycles. The van der Waals surface area contributed by atoms with Crippen molar-refractivity contribution in [2.24, 2.45) is 0 Å². The van der Waals surface area contributed by atoms with E-state index in [4.69, 9.17) is 14.8 Å². The van der Waals surface area contributed by atoms with Gasteiger partial charge in [0.05, 0.1) is 23.9 Å². The third kappa shape index (κ3) is 4.44. The monoisotopic (exact) mass is 379 g/mol. The number of ether oxygens (including phenoxy) is 1. The molecule has 0 saturated carbocycles. The van der Waals surface area contributed by atoms with Gasteiger partial charge in [-0.25, -0.2) is 9.97 Å². The fourth-order valence-corrected chi connectivity index (χ4v) is 3.33. The van der Waals surface area contributed by atoms with E-state index in [0.717, 1.165) is 60.6 Å². The lowest BCUT2D eigenvalue weighted by atomic mass is 10.1. The number of rotatable bonds is 7. The number of anilines is 1. The van der Waals surface area contributed by atoms with E-state index in [2.05, 4.69) is 44.9 Å². The fraction of sp³-hybridized carbons (Fsp3) is 0.381. The van der Waals surface area contributed by atoms with Gasteiger partial charge >= 0.3 is 0 Å². The Bertz CT molecular complexity index is 910. The van der Waals surface area contributed by atoms with Crippen LogP contribution in [0.5, 0.6) is 0 Å². The molecule has 1 saturated heterocycles. The molecule has 0 amide bonds. The maximum Gasteiger partial charge on any atom is 0.154 e. The summed E-state index contributed by atoms with van der Waals surface area (Å²) in [6.45, 7) is 3.32. The molecule has 3 aromatic rings. The molecule has 1 aliphatic heterocycles. The summed E-state index contributed by atoms with van der Waals surface area (Å²) in [4.78, 5) is 13.7. The minimum Gasteiger partial charge on any atom is -0.396 e. The van der Waals surface area contributed by atoms with Crippen LogP contribution in [0, 0.1) is 0 Å². The standard InChI is InChI=1S/C21H25N5O2/c27-10-1-2-15-3-5-16(6-4-15)18-12-19-20(24-8-7-23-19)21(26-18)25-14-17-13-22-9-11-28-17/h3-8,12,17,22,27H,1-2,9-11,13-14H2,(H,25,26)/t17-/m1/s1. The van der Waals surface area contributed by atoms with Gasteiger partial charge in [-0.05, 0) is 24.5 Å². The molecule has 28 heavy (non-hydrogen) atoms. The minimum absolute atomic E-state index is 0.108. The van der Waals surface area contributed by atoms with Crippen LogP contribution in [0.4, 0.5) is 5.82 Å². The number of aromatic nitrogens is 3. The van der Waals surface area contributed by atoms with E-state index in [1.807, 2.05) is 6.07 Å². The number of aliphatic hydroxyl groups is 1. The van der Waals surface area contributed by atoms with Crippen molar-refractivity contribution in [3.8, 4) is 11.3 Å². The lowest BCUT2D eigenvalue weighted by Crippen LogP contribution is -2.42. The first kappa shape index (κ1) is 18.7. The first-order valence-electron chi connectivity index (χ1n) is 9.71. The second kappa shape index (κ2) is 9.05.